The molecule has 6 rings (SSSR count). The van der Waals surface area contributed by atoms with E-state index in [-0.39, 0.29) is 34.8 Å². The Labute approximate surface area is 195 Å². The average Bonchev–Trinajstić information content (AvgIpc) is 3.48. The number of benzene rings is 2. The number of fused-ring (bicyclic) bond motifs is 7. The van der Waals surface area contributed by atoms with Gasteiger partial charge in [0.15, 0.2) is 0 Å². The van der Waals surface area contributed by atoms with Crippen molar-refractivity contribution < 1.29 is 19.3 Å². The highest BCUT2D eigenvalue weighted by Crippen LogP contribution is 2.61. The molecule has 2 aromatic rings. The molecule has 4 heterocycles. The summed E-state index contributed by atoms with van der Waals surface area (Å²) in [6.45, 7) is 6.06. The van der Waals surface area contributed by atoms with E-state index < -0.39 is 28.2 Å². The van der Waals surface area contributed by atoms with Crippen LogP contribution in [0, 0.1) is 42.7 Å². The maximum atomic E-state index is 14.1. The Morgan fingerprint density at radius 2 is 1.88 bits per heavy atom. The third-order valence-corrected chi connectivity index (χ3v) is 8.16. The van der Waals surface area contributed by atoms with Crippen molar-refractivity contribution in [1.82, 2.24) is 4.90 Å². The minimum absolute atomic E-state index is 0.150. The molecule has 3 amide bonds. The van der Waals surface area contributed by atoms with Crippen molar-refractivity contribution in [3.63, 3.8) is 0 Å². The molecular weight excluding hydrogens is 436 g/mol. The highest BCUT2D eigenvalue weighted by molar-refractivity contribution is 6.26. The Hall–Kier alpha value is -3.59. The molecule has 34 heavy (non-hydrogen) atoms. The highest BCUT2D eigenvalue weighted by Gasteiger charge is 2.74. The number of hydrogen-bond acceptors (Lipinski definition) is 6. The van der Waals surface area contributed by atoms with Gasteiger partial charge in [-0.25, -0.2) is 4.90 Å². The van der Waals surface area contributed by atoms with Crippen LogP contribution >= 0.6 is 0 Å². The summed E-state index contributed by atoms with van der Waals surface area (Å²) < 4.78 is 0. The minimum Gasteiger partial charge on any atom is -0.324 e. The number of nitro groups is 1. The minimum atomic E-state index is -1.26. The first-order chi connectivity index (χ1) is 16.2. The first-order valence-electron chi connectivity index (χ1n) is 11.5. The van der Waals surface area contributed by atoms with Crippen molar-refractivity contribution in [1.29, 1.82) is 0 Å². The second kappa shape index (κ2) is 6.73. The first kappa shape index (κ1) is 21.0. The van der Waals surface area contributed by atoms with Crippen molar-refractivity contribution in [3.05, 3.63) is 62.7 Å². The van der Waals surface area contributed by atoms with E-state index in [9.17, 15) is 24.5 Å². The van der Waals surface area contributed by atoms with E-state index in [1.54, 1.807) is 13.0 Å². The largest absolute Gasteiger partial charge is 0.324 e. The molecule has 0 aliphatic carbocycles. The second-order valence-electron chi connectivity index (χ2n) is 9.82. The van der Waals surface area contributed by atoms with Gasteiger partial charge < -0.3 is 5.32 Å². The summed E-state index contributed by atoms with van der Waals surface area (Å²) in [5.41, 5.74) is 2.44. The lowest BCUT2D eigenvalue weighted by Crippen LogP contribution is -2.54. The fourth-order valence-corrected chi connectivity index (χ4v) is 6.95. The number of anilines is 2. The van der Waals surface area contributed by atoms with Crippen molar-refractivity contribution in [3.8, 4) is 0 Å². The lowest BCUT2D eigenvalue weighted by atomic mass is 9.75. The zero-order valence-electron chi connectivity index (χ0n) is 19.1. The van der Waals surface area contributed by atoms with E-state index in [1.807, 2.05) is 26.0 Å². The normalized spacial score (nSPS) is 29.6. The average molecular weight is 460 g/mol. The van der Waals surface area contributed by atoms with Gasteiger partial charge in [-0.15, -0.1) is 0 Å². The molecule has 174 valence electrons. The lowest BCUT2D eigenvalue weighted by molar-refractivity contribution is -0.385. The van der Waals surface area contributed by atoms with Crippen molar-refractivity contribution in [2.45, 2.75) is 45.2 Å². The predicted molar refractivity (Wildman–Crippen MR) is 123 cm³/mol. The van der Waals surface area contributed by atoms with Crippen molar-refractivity contribution in [2.75, 3.05) is 16.8 Å². The molecule has 9 nitrogen and oxygen atoms in total. The Morgan fingerprint density at radius 3 is 2.62 bits per heavy atom. The lowest BCUT2D eigenvalue weighted by Gasteiger charge is -2.37. The van der Waals surface area contributed by atoms with Gasteiger partial charge in [0, 0.05) is 23.4 Å². The number of aryl methyl sites for hydroxylation is 2. The number of carbonyl (C=O) groups excluding carboxylic acids is 3. The number of nitrogens with zero attached hydrogens (tertiary/aromatic N) is 3. The van der Waals surface area contributed by atoms with Gasteiger partial charge in [-0.1, -0.05) is 23.8 Å². The zero-order valence-corrected chi connectivity index (χ0v) is 19.1. The molecule has 1 N–H and O–H groups in total. The first-order valence-corrected chi connectivity index (χ1v) is 11.5. The maximum absolute atomic E-state index is 14.1. The summed E-state index contributed by atoms with van der Waals surface area (Å²) in [7, 11) is 0. The second-order valence-corrected chi connectivity index (χ2v) is 9.82. The van der Waals surface area contributed by atoms with Gasteiger partial charge in [0.1, 0.15) is 5.54 Å². The molecular formula is C25H24N4O5. The van der Waals surface area contributed by atoms with Crippen LogP contribution in [0.2, 0.25) is 0 Å². The molecule has 3 fully saturated rings. The van der Waals surface area contributed by atoms with Crippen LogP contribution in [-0.2, 0) is 19.9 Å². The van der Waals surface area contributed by atoms with E-state index in [0.717, 1.165) is 34.4 Å². The summed E-state index contributed by atoms with van der Waals surface area (Å²) in [6.07, 6.45) is 1.55. The molecule has 0 unspecified atom stereocenters. The molecule has 4 aliphatic rings. The fourth-order valence-electron chi connectivity index (χ4n) is 6.95. The van der Waals surface area contributed by atoms with Crippen LogP contribution in [0.15, 0.2) is 30.3 Å². The number of carbonyl (C=O) groups is 3. The van der Waals surface area contributed by atoms with Gasteiger partial charge in [-0.05, 0) is 51.8 Å². The molecule has 4 atom stereocenters. The van der Waals surface area contributed by atoms with Crippen LogP contribution in [0.1, 0.15) is 35.1 Å². The van der Waals surface area contributed by atoms with Crippen LogP contribution in [0.3, 0.4) is 0 Å². The summed E-state index contributed by atoms with van der Waals surface area (Å²) in [6, 6.07) is 8.12. The van der Waals surface area contributed by atoms with Crippen LogP contribution in [0.25, 0.3) is 0 Å². The van der Waals surface area contributed by atoms with Gasteiger partial charge in [-0.2, -0.15) is 0 Å². The SMILES string of the molecule is Cc1cc(C)c2c(c1)[C@@]1(C(=O)N2)[C@H]2C(=O)N(c3cccc([N+](=O)[O-])c3C)C(=O)[C@@H]2[C@H]2CCCN21. The predicted octanol–water partition coefficient (Wildman–Crippen LogP) is 2.95. The van der Waals surface area contributed by atoms with Gasteiger partial charge >= 0.3 is 0 Å². The molecule has 4 aliphatic heterocycles. The standard InChI is InChI=1S/C25H24N4O5/c1-12-10-13(2)21-15(11-12)25(24(32)26-21)20-19(18-8-5-9-27(18)25)22(30)28(23(20)31)16-6-4-7-17(14(16)3)29(33)34/h4,6-7,10-11,18-20H,5,8-9H2,1-3H3,(H,26,32)/t18-,19-,20-,25+/m1/s1. The smallest absolute Gasteiger partial charge is 0.274 e. The molecule has 0 bridgehead atoms. The summed E-state index contributed by atoms with van der Waals surface area (Å²) >= 11 is 0. The van der Waals surface area contributed by atoms with Crippen molar-refractivity contribution in [2.24, 2.45) is 11.8 Å². The quantitative estimate of drug-likeness (QED) is 0.419. The van der Waals surface area contributed by atoms with Gasteiger partial charge in [0.05, 0.1) is 28.0 Å². The van der Waals surface area contributed by atoms with Crippen LogP contribution < -0.4 is 10.2 Å². The molecule has 0 aromatic heterocycles. The van der Waals surface area contributed by atoms with Gasteiger partial charge in [0.25, 0.3) is 5.69 Å². The third-order valence-electron chi connectivity index (χ3n) is 8.16. The van der Waals surface area contributed by atoms with Crippen LogP contribution in [0.5, 0.6) is 0 Å². The Bertz CT molecular complexity index is 1340. The van der Waals surface area contributed by atoms with Crippen LogP contribution in [-0.4, -0.2) is 40.1 Å². The molecule has 9 heteroatoms. The Balaban J connectivity index is 1.57. The molecule has 2 aromatic carbocycles. The molecule has 0 radical (unpaired) electrons. The summed E-state index contributed by atoms with van der Waals surface area (Å²) in [4.78, 5) is 55.9. The number of hydrogen-bond donors (Lipinski definition) is 1. The highest BCUT2D eigenvalue weighted by atomic mass is 16.6. The molecule has 0 saturated carbocycles. The Morgan fingerprint density at radius 1 is 1.12 bits per heavy atom. The number of nitrogens with one attached hydrogen (secondary N) is 1. The molecule has 3 saturated heterocycles. The maximum Gasteiger partial charge on any atom is 0.274 e. The zero-order chi connectivity index (χ0) is 24.1. The summed E-state index contributed by atoms with van der Waals surface area (Å²) in [5.74, 6) is -2.67. The third kappa shape index (κ3) is 2.30. The van der Waals surface area contributed by atoms with E-state index >= 15 is 0 Å². The summed E-state index contributed by atoms with van der Waals surface area (Å²) in [5, 5.41) is 14.5. The number of nitro benzene ring substituents is 1. The number of imide groups is 1. The van der Waals surface area contributed by atoms with E-state index in [2.05, 4.69) is 10.2 Å². The van der Waals surface area contributed by atoms with E-state index in [0.29, 0.717) is 12.2 Å². The van der Waals surface area contributed by atoms with Crippen LogP contribution in [0.4, 0.5) is 17.1 Å². The monoisotopic (exact) mass is 460 g/mol. The van der Waals surface area contributed by atoms with Gasteiger partial charge in [-0.3, -0.25) is 29.4 Å². The topological polar surface area (TPSA) is 113 Å². The van der Waals surface area contributed by atoms with Gasteiger partial charge in [0.2, 0.25) is 17.7 Å². The van der Waals surface area contributed by atoms with E-state index in [4.69, 9.17) is 0 Å². The number of amides is 3. The van der Waals surface area contributed by atoms with Crippen molar-refractivity contribution >= 4 is 34.8 Å². The number of rotatable bonds is 2. The fraction of sp³-hybridized carbons (Fsp3) is 0.400. The van der Waals surface area contributed by atoms with E-state index in [1.165, 1.54) is 12.1 Å². The molecule has 1 spiro atoms. The Kier molecular flexibility index (Phi) is 4.15.